The molecule has 116 valence electrons. The van der Waals surface area contributed by atoms with Crippen molar-refractivity contribution in [3.63, 3.8) is 0 Å². The van der Waals surface area contributed by atoms with Crippen LogP contribution in [0.5, 0.6) is 0 Å². The van der Waals surface area contributed by atoms with Crippen LogP contribution < -0.4 is 16.0 Å². The van der Waals surface area contributed by atoms with Gasteiger partial charge in [-0.05, 0) is 51.3 Å². The van der Waals surface area contributed by atoms with E-state index < -0.39 is 0 Å². The van der Waals surface area contributed by atoms with Crippen molar-refractivity contribution in [1.29, 1.82) is 0 Å². The molecule has 1 saturated heterocycles. The molecule has 4 heteroatoms. The Labute approximate surface area is 127 Å². The van der Waals surface area contributed by atoms with Crippen LogP contribution in [0.2, 0.25) is 0 Å². The minimum Gasteiger partial charge on any atom is -0.370 e. The van der Waals surface area contributed by atoms with Crippen molar-refractivity contribution in [2.45, 2.75) is 46.2 Å². The molecule has 0 saturated carbocycles. The van der Waals surface area contributed by atoms with E-state index in [-0.39, 0.29) is 17.4 Å². The van der Waals surface area contributed by atoms with Crippen LogP contribution in [-0.2, 0) is 11.3 Å². The molecular weight excluding hydrogens is 262 g/mol. The molecular formula is C17H27N3O. The lowest BCUT2D eigenvalue weighted by Gasteiger charge is -2.23. The van der Waals surface area contributed by atoms with E-state index >= 15 is 0 Å². The smallest absolute Gasteiger partial charge is 0.222 e. The highest BCUT2D eigenvalue weighted by atomic mass is 16.1. The fourth-order valence-electron chi connectivity index (χ4n) is 2.76. The third-order valence-electron chi connectivity index (χ3n) is 4.02. The number of rotatable bonds is 4. The van der Waals surface area contributed by atoms with Crippen LogP contribution >= 0.6 is 0 Å². The fraction of sp³-hybridized carbons (Fsp3) is 0.588. The number of hydrogen-bond acceptors (Lipinski definition) is 3. The van der Waals surface area contributed by atoms with Crippen LogP contribution in [0.15, 0.2) is 18.2 Å². The number of nitrogens with one attached hydrogen (secondary N) is 1. The number of carbonyl (C=O) groups is 1. The first kappa shape index (κ1) is 15.8. The van der Waals surface area contributed by atoms with Crippen molar-refractivity contribution in [3.8, 4) is 0 Å². The van der Waals surface area contributed by atoms with E-state index in [9.17, 15) is 4.79 Å². The second-order valence-electron chi connectivity index (χ2n) is 7.06. The summed E-state index contributed by atoms with van der Waals surface area (Å²) in [5.41, 5.74) is 9.29. The van der Waals surface area contributed by atoms with E-state index in [1.807, 2.05) is 0 Å². The predicted octanol–water partition coefficient (Wildman–Crippen LogP) is 2.19. The zero-order valence-electron chi connectivity index (χ0n) is 13.6. The van der Waals surface area contributed by atoms with Gasteiger partial charge in [-0.2, -0.15) is 0 Å². The summed E-state index contributed by atoms with van der Waals surface area (Å²) < 4.78 is 0. The summed E-state index contributed by atoms with van der Waals surface area (Å²) in [5, 5.41) is 3.50. The van der Waals surface area contributed by atoms with E-state index in [4.69, 9.17) is 5.73 Å². The molecule has 1 aromatic rings. The Bertz CT molecular complexity index is 519. The largest absolute Gasteiger partial charge is 0.370 e. The number of aryl methyl sites for hydroxylation is 1. The van der Waals surface area contributed by atoms with E-state index in [1.54, 1.807) is 0 Å². The third kappa shape index (κ3) is 4.21. The first-order valence-corrected chi connectivity index (χ1v) is 7.65. The number of hydrogen-bond donors (Lipinski definition) is 2. The minimum atomic E-state index is -0.179. The van der Waals surface area contributed by atoms with Gasteiger partial charge in [0, 0.05) is 30.9 Å². The molecule has 0 bridgehead atoms. The van der Waals surface area contributed by atoms with Crippen LogP contribution in [0.4, 0.5) is 5.69 Å². The van der Waals surface area contributed by atoms with Crippen molar-refractivity contribution in [2.75, 3.05) is 18.0 Å². The van der Waals surface area contributed by atoms with Crippen molar-refractivity contribution in [3.05, 3.63) is 29.3 Å². The van der Waals surface area contributed by atoms with E-state index in [1.165, 1.54) is 16.8 Å². The van der Waals surface area contributed by atoms with Crippen LogP contribution in [-0.4, -0.2) is 24.5 Å². The first-order valence-electron chi connectivity index (χ1n) is 7.65. The molecule has 2 rings (SSSR count). The molecule has 1 aliphatic rings. The van der Waals surface area contributed by atoms with Gasteiger partial charge in [-0.1, -0.05) is 12.1 Å². The van der Waals surface area contributed by atoms with Gasteiger partial charge in [0.05, 0.1) is 5.92 Å². The van der Waals surface area contributed by atoms with Crippen LogP contribution in [0, 0.1) is 12.8 Å². The van der Waals surface area contributed by atoms with Gasteiger partial charge in [-0.3, -0.25) is 4.79 Å². The molecule has 0 aromatic heterocycles. The lowest BCUT2D eigenvalue weighted by atomic mass is 10.1. The summed E-state index contributed by atoms with van der Waals surface area (Å²) in [4.78, 5) is 13.6. The molecule has 0 aliphatic carbocycles. The first-order chi connectivity index (χ1) is 9.76. The zero-order chi connectivity index (χ0) is 15.6. The van der Waals surface area contributed by atoms with Gasteiger partial charge in [0.2, 0.25) is 5.91 Å². The lowest BCUT2D eigenvalue weighted by molar-refractivity contribution is -0.121. The van der Waals surface area contributed by atoms with Crippen LogP contribution in [0.25, 0.3) is 0 Å². The third-order valence-corrected chi connectivity index (χ3v) is 4.02. The zero-order valence-corrected chi connectivity index (χ0v) is 13.6. The summed E-state index contributed by atoms with van der Waals surface area (Å²) in [6, 6.07) is 6.56. The Hall–Kier alpha value is -1.55. The number of amides is 1. The maximum absolute atomic E-state index is 11.3. The Morgan fingerprint density at radius 1 is 1.43 bits per heavy atom. The van der Waals surface area contributed by atoms with Crippen molar-refractivity contribution < 1.29 is 4.79 Å². The molecule has 21 heavy (non-hydrogen) atoms. The summed E-state index contributed by atoms with van der Waals surface area (Å²) in [6.07, 6.45) is 0.863. The highest BCUT2D eigenvalue weighted by Crippen LogP contribution is 2.27. The number of primary amides is 1. The average molecular weight is 289 g/mol. The van der Waals surface area contributed by atoms with Crippen LogP contribution in [0.1, 0.15) is 38.3 Å². The minimum absolute atomic E-state index is 0.00775. The number of nitrogens with two attached hydrogens (primary N) is 1. The Balaban J connectivity index is 2.04. The Morgan fingerprint density at radius 2 is 2.14 bits per heavy atom. The van der Waals surface area contributed by atoms with Crippen molar-refractivity contribution >= 4 is 11.6 Å². The predicted molar refractivity (Wildman–Crippen MR) is 87.3 cm³/mol. The Kier molecular flexibility index (Phi) is 4.57. The van der Waals surface area contributed by atoms with E-state index in [0.29, 0.717) is 0 Å². The molecule has 1 aliphatic heterocycles. The average Bonchev–Trinajstić information content (AvgIpc) is 2.85. The summed E-state index contributed by atoms with van der Waals surface area (Å²) >= 11 is 0. The van der Waals surface area contributed by atoms with E-state index in [0.717, 1.165) is 26.1 Å². The molecule has 0 radical (unpaired) electrons. The topological polar surface area (TPSA) is 58.4 Å². The maximum atomic E-state index is 11.3. The lowest BCUT2D eigenvalue weighted by Crippen LogP contribution is -2.35. The molecule has 1 unspecified atom stereocenters. The summed E-state index contributed by atoms with van der Waals surface area (Å²) in [5.74, 6) is -0.187. The molecule has 1 amide bonds. The number of anilines is 1. The SMILES string of the molecule is Cc1cc(CNC(C)(C)C)ccc1N1CCC(C(N)=O)C1. The van der Waals surface area contributed by atoms with Gasteiger partial charge in [0.15, 0.2) is 0 Å². The highest BCUT2D eigenvalue weighted by molar-refractivity contribution is 5.78. The molecule has 1 heterocycles. The van der Waals surface area contributed by atoms with Crippen molar-refractivity contribution in [1.82, 2.24) is 5.32 Å². The number of nitrogens with zero attached hydrogens (tertiary/aromatic N) is 1. The second-order valence-corrected chi connectivity index (χ2v) is 7.06. The fourth-order valence-corrected chi connectivity index (χ4v) is 2.76. The molecule has 3 N–H and O–H groups in total. The summed E-state index contributed by atoms with van der Waals surface area (Å²) in [7, 11) is 0. The van der Waals surface area contributed by atoms with Gasteiger partial charge < -0.3 is 16.0 Å². The molecule has 1 aromatic carbocycles. The maximum Gasteiger partial charge on any atom is 0.222 e. The van der Waals surface area contributed by atoms with Gasteiger partial charge >= 0.3 is 0 Å². The Morgan fingerprint density at radius 3 is 2.67 bits per heavy atom. The van der Waals surface area contributed by atoms with Crippen molar-refractivity contribution in [2.24, 2.45) is 11.7 Å². The number of benzene rings is 1. The molecule has 1 atom stereocenters. The van der Waals surface area contributed by atoms with E-state index in [2.05, 4.69) is 56.1 Å². The standard InChI is InChI=1S/C17H27N3O/c1-12-9-13(10-19-17(2,3)4)5-6-15(12)20-8-7-14(11-20)16(18)21/h5-6,9,14,19H,7-8,10-11H2,1-4H3,(H2,18,21). The second kappa shape index (κ2) is 6.06. The monoisotopic (exact) mass is 289 g/mol. The quantitative estimate of drug-likeness (QED) is 0.893. The van der Waals surface area contributed by atoms with Gasteiger partial charge in [0.25, 0.3) is 0 Å². The molecule has 1 fully saturated rings. The number of carbonyl (C=O) groups excluding carboxylic acids is 1. The molecule has 4 nitrogen and oxygen atoms in total. The summed E-state index contributed by atoms with van der Waals surface area (Å²) in [6.45, 7) is 11.2. The van der Waals surface area contributed by atoms with Gasteiger partial charge in [-0.25, -0.2) is 0 Å². The van der Waals surface area contributed by atoms with Gasteiger partial charge in [-0.15, -0.1) is 0 Å². The highest BCUT2D eigenvalue weighted by Gasteiger charge is 2.27. The normalized spacial score (nSPS) is 19.0. The molecule has 0 spiro atoms. The van der Waals surface area contributed by atoms with Crippen LogP contribution in [0.3, 0.4) is 0 Å². The van der Waals surface area contributed by atoms with Gasteiger partial charge in [0.1, 0.15) is 0 Å².